The number of hydroxylamine groups is 1. The number of carbonyl (C=O) groups excluding carboxylic acids is 1. The summed E-state index contributed by atoms with van der Waals surface area (Å²) in [5.41, 5.74) is 1.63. The molecule has 1 rings (SSSR count). The van der Waals surface area contributed by atoms with E-state index in [1.54, 1.807) is 5.48 Å². The first kappa shape index (κ1) is 11.7. The SMILES string of the molecule is Cl.O=C(CC1CCOCC1)NO. The Kier molecular flexibility index (Phi) is 6.06. The average Bonchev–Trinajstić information content (AvgIpc) is 2.06. The summed E-state index contributed by atoms with van der Waals surface area (Å²) in [7, 11) is 0. The topological polar surface area (TPSA) is 58.6 Å². The fourth-order valence-electron chi connectivity index (χ4n) is 1.26. The van der Waals surface area contributed by atoms with E-state index in [0.717, 1.165) is 26.1 Å². The molecule has 72 valence electrons. The number of amides is 1. The van der Waals surface area contributed by atoms with Crippen molar-refractivity contribution in [2.75, 3.05) is 13.2 Å². The number of ether oxygens (including phenoxy) is 1. The summed E-state index contributed by atoms with van der Waals surface area (Å²) in [4.78, 5) is 10.7. The lowest BCUT2D eigenvalue weighted by Crippen LogP contribution is -2.25. The summed E-state index contributed by atoms with van der Waals surface area (Å²) in [6, 6.07) is 0. The van der Waals surface area contributed by atoms with E-state index in [1.165, 1.54) is 0 Å². The van der Waals surface area contributed by atoms with Gasteiger partial charge in [0.25, 0.3) is 0 Å². The van der Waals surface area contributed by atoms with Crippen LogP contribution in [0.25, 0.3) is 0 Å². The van der Waals surface area contributed by atoms with Gasteiger partial charge in [0.1, 0.15) is 0 Å². The molecule has 0 aromatic heterocycles. The van der Waals surface area contributed by atoms with Crippen LogP contribution in [0.5, 0.6) is 0 Å². The van der Waals surface area contributed by atoms with E-state index in [2.05, 4.69) is 0 Å². The second kappa shape index (κ2) is 6.22. The van der Waals surface area contributed by atoms with Crippen molar-refractivity contribution >= 4 is 18.3 Å². The first-order valence-corrected chi connectivity index (χ1v) is 3.83. The Hall–Kier alpha value is -0.320. The first-order valence-electron chi connectivity index (χ1n) is 3.83. The molecule has 1 heterocycles. The molecule has 2 N–H and O–H groups in total. The molecule has 5 heteroatoms. The maximum absolute atomic E-state index is 10.7. The van der Waals surface area contributed by atoms with Crippen LogP contribution in [0.4, 0.5) is 0 Å². The van der Waals surface area contributed by atoms with Crippen molar-refractivity contribution in [3.05, 3.63) is 0 Å². The van der Waals surface area contributed by atoms with Crippen LogP contribution >= 0.6 is 12.4 Å². The van der Waals surface area contributed by atoms with Crippen LogP contribution in [-0.2, 0) is 9.53 Å². The molecule has 12 heavy (non-hydrogen) atoms. The second-order valence-corrected chi connectivity index (χ2v) is 2.79. The summed E-state index contributed by atoms with van der Waals surface area (Å²) in [5, 5.41) is 8.23. The maximum Gasteiger partial charge on any atom is 0.243 e. The number of hydrogen-bond donors (Lipinski definition) is 2. The Morgan fingerprint density at radius 1 is 1.50 bits per heavy atom. The third kappa shape index (κ3) is 3.90. The minimum atomic E-state index is -0.295. The maximum atomic E-state index is 10.7. The van der Waals surface area contributed by atoms with Gasteiger partial charge in [-0.1, -0.05) is 0 Å². The van der Waals surface area contributed by atoms with Gasteiger partial charge in [-0.2, -0.15) is 0 Å². The fourth-order valence-corrected chi connectivity index (χ4v) is 1.26. The highest BCUT2D eigenvalue weighted by atomic mass is 35.5. The zero-order valence-electron chi connectivity index (χ0n) is 6.78. The molecular weight excluding hydrogens is 182 g/mol. The lowest BCUT2D eigenvalue weighted by molar-refractivity contribution is -0.130. The molecule has 1 saturated heterocycles. The van der Waals surface area contributed by atoms with Crippen LogP contribution < -0.4 is 5.48 Å². The molecule has 1 aliphatic heterocycles. The van der Waals surface area contributed by atoms with Crippen molar-refractivity contribution in [1.82, 2.24) is 5.48 Å². The summed E-state index contributed by atoms with van der Waals surface area (Å²) < 4.78 is 5.12. The summed E-state index contributed by atoms with van der Waals surface area (Å²) >= 11 is 0. The molecular formula is C7H14ClNO3. The number of halogens is 1. The second-order valence-electron chi connectivity index (χ2n) is 2.79. The molecule has 0 aliphatic carbocycles. The number of nitrogens with one attached hydrogen (secondary N) is 1. The van der Waals surface area contributed by atoms with Crippen LogP contribution in [0, 0.1) is 5.92 Å². The molecule has 0 aromatic rings. The van der Waals surface area contributed by atoms with Crippen molar-refractivity contribution in [2.24, 2.45) is 5.92 Å². The van der Waals surface area contributed by atoms with Crippen LogP contribution in [0.3, 0.4) is 0 Å². The predicted molar refractivity (Wildman–Crippen MR) is 45.3 cm³/mol. The molecule has 0 atom stereocenters. The lowest BCUT2D eigenvalue weighted by atomic mass is 9.96. The summed E-state index contributed by atoms with van der Waals surface area (Å²) in [6.45, 7) is 1.48. The Bertz CT molecular complexity index is 137. The number of carbonyl (C=O) groups is 1. The van der Waals surface area contributed by atoms with Crippen molar-refractivity contribution in [2.45, 2.75) is 19.3 Å². The molecule has 0 aromatic carbocycles. The smallest absolute Gasteiger partial charge is 0.243 e. The number of rotatable bonds is 2. The van der Waals surface area contributed by atoms with Crippen LogP contribution in [0.2, 0.25) is 0 Å². The minimum absolute atomic E-state index is 0. The molecule has 1 fully saturated rings. The van der Waals surface area contributed by atoms with E-state index in [4.69, 9.17) is 9.94 Å². The molecule has 1 aliphatic rings. The van der Waals surface area contributed by atoms with Crippen molar-refractivity contribution in [3.8, 4) is 0 Å². The Morgan fingerprint density at radius 3 is 2.58 bits per heavy atom. The van der Waals surface area contributed by atoms with Crippen molar-refractivity contribution in [1.29, 1.82) is 0 Å². The van der Waals surface area contributed by atoms with E-state index in [9.17, 15) is 4.79 Å². The van der Waals surface area contributed by atoms with Crippen molar-refractivity contribution in [3.63, 3.8) is 0 Å². The van der Waals surface area contributed by atoms with E-state index >= 15 is 0 Å². The fraction of sp³-hybridized carbons (Fsp3) is 0.857. The van der Waals surface area contributed by atoms with Gasteiger partial charge in [-0.15, -0.1) is 12.4 Å². The molecule has 4 nitrogen and oxygen atoms in total. The standard InChI is InChI=1S/C7H13NO3.ClH/c9-7(8-10)5-6-1-3-11-4-2-6;/h6,10H,1-5H2,(H,8,9);1H. The molecule has 1 amide bonds. The van der Waals surface area contributed by atoms with E-state index in [0.29, 0.717) is 12.3 Å². The zero-order chi connectivity index (χ0) is 8.10. The van der Waals surface area contributed by atoms with Gasteiger partial charge >= 0.3 is 0 Å². The van der Waals surface area contributed by atoms with E-state index in [-0.39, 0.29) is 18.3 Å². The van der Waals surface area contributed by atoms with Crippen molar-refractivity contribution < 1.29 is 14.7 Å². The number of hydrogen-bond acceptors (Lipinski definition) is 3. The van der Waals surface area contributed by atoms with Gasteiger partial charge in [-0.05, 0) is 18.8 Å². The van der Waals surface area contributed by atoms with Gasteiger partial charge in [0.2, 0.25) is 5.91 Å². The Morgan fingerprint density at radius 2 is 2.08 bits per heavy atom. The quantitative estimate of drug-likeness (QED) is 0.505. The molecule has 0 unspecified atom stereocenters. The predicted octanol–water partition coefficient (Wildman–Crippen LogP) is 0.730. The lowest BCUT2D eigenvalue weighted by Gasteiger charge is -2.20. The highest BCUT2D eigenvalue weighted by Crippen LogP contribution is 2.17. The molecule has 0 radical (unpaired) electrons. The highest BCUT2D eigenvalue weighted by molar-refractivity contribution is 5.85. The molecule has 0 bridgehead atoms. The first-order chi connectivity index (χ1) is 5.33. The van der Waals surface area contributed by atoms with Gasteiger partial charge < -0.3 is 4.74 Å². The van der Waals surface area contributed by atoms with Gasteiger partial charge in [-0.25, -0.2) is 5.48 Å². The Labute approximate surface area is 77.6 Å². The summed E-state index contributed by atoms with van der Waals surface area (Å²) in [6.07, 6.45) is 2.26. The van der Waals surface area contributed by atoms with Crippen LogP contribution in [-0.4, -0.2) is 24.3 Å². The van der Waals surface area contributed by atoms with Crippen LogP contribution in [0.1, 0.15) is 19.3 Å². The Balaban J connectivity index is 0.00000121. The summed E-state index contributed by atoms with van der Waals surface area (Å²) in [5.74, 6) is 0.0906. The molecule has 0 spiro atoms. The van der Waals surface area contributed by atoms with Gasteiger partial charge in [-0.3, -0.25) is 10.0 Å². The monoisotopic (exact) mass is 195 g/mol. The third-order valence-corrected chi connectivity index (χ3v) is 1.94. The van der Waals surface area contributed by atoms with E-state index in [1.807, 2.05) is 0 Å². The minimum Gasteiger partial charge on any atom is -0.381 e. The van der Waals surface area contributed by atoms with Gasteiger partial charge in [0.15, 0.2) is 0 Å². The zero-order valence-corrected chi connectivity index (χ0v) is 7.60. The highest BCUT2D eigenvalue weighted by Gasteiger charge is 2.16. The average molecular weight is 196 g/mol. The van der Waals surface area contributed by atoms with E-state index < -0.39 is 0 Å². The third-order valence-electron chi connectivity index (χ3n) is 1.94. The van der Waals surface area contributed by atoms with Gasteiger partial charge in [0, 0.05) is 19.6 Å². The largest absolute Gasteiger partial charge is 0.381 e. The van der Waals surface area contributed by atoms with Crippen LogP contribution in [0.15, 0.2) is 0 Å². The normalized spacial score (nSPS) is 18.1. The molecule has 0 saturated carbocycles. The van der Waals surface area contributed by atoms with Gasteiger partial charge in [0.05, 0.1) is 0 Å².